The number of hydrogen-bond acceptors (Lipinski definition) is 2. The highest BCUT2D eigenvalue weighted by atomic mass is 79.9. The number of hydrogen-bond donors (Lipinski definition) is 1. The number of benzene rings is 1. The molecule has 1 amide bonds. The molecule has 0 fully saturated rings. The van der Waals surface area contributed by atoms with Gasteiger partial charge in [-0.15, -0.1) is 0 Å². The van der Waals surface area contributed by atoms with Gasteiger partial charge in [0.25, 0.3) is 0 Å². The number of amides is 1. The summed E-state index contributed by atoms with van der Waals surface area (Å²) in [5.41, 5.74) is 0.370. The molecule has 0 aliphatic heterocycles. The van der Waals surface area contributed by atoms with Crippen molar-refractivity contribution in [2.75, 3.05) is 13.7 Å². The van der Waals surface area contributed by atoms with Crippen LogP contribution >= 0.6 is 15.9 Å². The molecule has 0 aliphatic carbocycles. The molecule has 0 bridgehead atoms. The van der Waals surface area contributed by atoms with Crippen molar-refractivity contribution >= 4 is 27.9 Å². The molecule has 0 heterocycles. The summed E-state index contributed by atoms with van der Waals surface area (Å²) in [4.78, 5) is 11.6. The van der Waals surface area contributed by atoms with Crippen molar-refractivity contribution < 1.29 is 13.9 Å². The zero-order valence-electron chi connectivity index (χ0n) is 11.0. The highest BCUT2D eigenvalue weighted by Gasteiger charge is 2.05. The highest BCUT2D eigenvalue weighted by Crippen LogP contribution is 2.16. The number of carbonyl (C=O) groups excluding carboxylic acids is 1. The molecule has 1 N–H and O–H groups in total. The Balaban J connectivity index is 2.56. The predicted octanol–water partition coefficient (Wildman–Crippen LogP) is 3.14. The Morgan fingerprint density at radius 3 is 3.00 bits per heavy atom. The summed E-state index contributed by atoms with van der Waals surface area (Å²) in [6.07, 6.45) is 3.52. The van der Waals surface area contributed by atoms with Crippen LogP contribution < -0.4 is 5.32 Å². The Bertz CT molecular complexity index is 463. The lowest BCUT2D eigenvalue weighted by Gasteiger charge is -2.11. The van der Waals surface area contributed by atoms with Crippen LogP contribution in [0.25, 0.3) is 6.08 Å². The van der Waals surface area contributed by atoms with Gasteiger partial charge in [-0.25, -0.2) is 4.39 Å². The molecule has 1 aromatic rings. The lowest BCUT2D eigenvalue weighted by atomic mass is 10.2. The van der Waals surface area contributed by atoms with Crippen molar-refractivity contribution in [1.29, 1.82) is 0 Å². The smallest absolute Gasteiger partial charge is 0.244 e. The molecule has 3 nitrogen and oxygen atoms in total. The van der Waals surface area contributed by atoms with Gasteiger partial charge in [-0.05, 0) is 37.6 Å². The van der Waals surface area contributed by atoms with Crippen molar-refractivity contribution in [1.82, 2.24) is 5.32 Å². The fourth-order valence-corrected chi connectivity index (χ4v) is 1.84. The number of nitrogens with one attached hydrogen (secondary N) is 1. The van der Waals surface area contributed by atoms with Gasteiger partial charge in [0.05, 0.1) is 0 Å². The number of carbonyl (C=O) groups is 1. The van der Waals surface area contributed by atoms with Crippen LogP contribution in [-0.4, -0.2) is 25.7 Å². The maximum absolute atomic E-state index is 13.4. The Labute approximate surface area is 121 Å². The molecule has 1 rings (SSSR count). The molecule has 104 valence electrons. The first-order valence-corrected chi connectivity index (χ1v) is 6.75. The number of rotatable bonds is 6. The molecule has 0 saturated heterocycles. The van der Waals surface area contributed by atoms with E-state index in [1.807, 2.05) is 6.92 Å². The quantitative estimate of drug-likeness (QED) is 0.814. The van der Waals surface area contributed by atoms with Crippen molar-refractivity contribution in [2.24, 2.45) is 0 Å². The summed E-state index contributed by atoms with van der Waals surface area (Å²) in [5, 5.41) is 2.78. The van der Waals surface area contributed by atoms with E-state index in [2.05, 4.69) is 21.2 Å². The van der Waals surface area contributed by atoms with E-state index in [0.29, 0.717) is 12.2 Å². The molecule has 0 aliphatic rings. The van der Waals surface area contributed by atoms with Gasteiger partial charge in [-0.2, -0.15) is 0 Å². The van der Waals surface area contributed by atoms with Crippen LogP contribution in [-0.2, 0) is 9.53 Å². The van der Waals surface area contributed by atoms with Crippen molar-refractivity contribution in [3.63, 3.8) is 0 Å². The van der Waals surface area contributed by atoms with Crippen LogP contribution in [0, 0.1) is 5.82 Å². The molecule has 19 heavy (non-hydrogen) atoms. The maximum atomic E-state index is 13.4. The van der Waals surface area contributed by atoms with E-state index in [1.54, 1.807) is 19.2 Å². The zero-order valence-corrected chi connectivity index (χ0v) is 12.5. The number of methoxy groups -OCH3 is 1. The lowest BCUT2D eigenvalue weighted by Crippen LogP contribution is -2.31. The second-order valence-electron chi connectivity index (χ2n) is 4.19. The molecule has 1 atom stereocenters. The van der Waals surface area contributed by atoms with E-state index < -0.39 is 0 Å². The predicted molar refractivity (Wildman–Crippen MR) is 77.2 cm³/mol. The van der Waals surface area contributed by atoms with Crippen molar-refractivity contribution in [2.45, 2.75) is 19.4 Å². The second kappa shape index (κ2) is 8.07. The molecule has 0 saturated carbocycles. The second-order valence-corrected chi connectivity index (χ2v) is 5.11. The van der Waals surface area contributed by atoms with E-state index in [-0.39, 0.29) is 17.8 Å². The highest BCUT2D eigenvalue weighted by molar-refractivity contribution is 9.10. The molecule has 0 spiro atoms. The zero-order chi connectivity index (χ0) is 14.3. The van der Waals surface area contributed by atoms with Gasteiger partial charge in [0.1, 0.15) is 5.82 Å². The minimum atomic E-state index is -0.361. The monoisotopic (exact) mass is 329 g/mol. The van der Waals surface area contributed by atoms with Gasteiger partial charge in [0, 0.05) is 35.9 Å². The Morgan fingerprint density at radius 1 is 1.58 bits per heavy atom. The molecular formula is C14H17BrFNO2. The summed E-state index contributed by atoms with van der Waals surface area (Å²) in [5.74, 6) is -0.609. The molecule has 1 aromatic carbocycles. The first kappa shape index (κ1) is 15.9. The molecular weight excluding hydrogens is 313 g/mol. The fraction of sp³-hybridized carbons (Fsp3) is 0.357. The van der Waals surface area contributed by atoms with E-state index in [4.69, 9.17) is 4.74 Å². The number of halogens is 2. The summed E-state index contributed by atoms with van der Waals surface area (Å²) in [7, 11) is 1.62. The summed E-state index contributed by atoms with van der Waals surface area (Å²) < 4.78 is 19.1. The van der Waals surface area contributed by atoms with E-state index in [9.17, 15) is 9.18 Å². The average molecular weight is 330 g/mol. The summed E-state index contributed by atoms with van der Waals surface area (Å²) >= 11 is 3.26. The van der Waals surface area contributed by atoms with Gasteiger partial charge in [-0.1, -0.05) is 15.9 Å². The van der Waals surface area contributed by atoms with Gasteiger partial charge in [0.15, 0.2) is 0 Å². The van der Waals surface area contributed by atoms with Crippen molar-refractivity contribution in [3.05, 3.63) is 40.1 Å². The molecule has 1 unspecified atom stereocenters. The fourth-order valence-electron chi connectivity index (χ4n) is 1.47. The van der Waals surface area contributed by atoms with E-state index in [0.717, 1.165) is 10.9 Å². The largest absolute Gasteiger partial charge is 0.385 e. The first-order valence-electron chi connectivity index (χ1n) is 5.95. The third-order valence-corrected chi connectivity index (χ3v) is 3.01. The maximum Gasteiger partial charge on any atom is 0.244 e. The Hall–Kier alpha value is -1.20. The number of ether oxygens (including phenoxy) is 1. The van der Waals surface area contributed by atoms with Crippen LogP contribution in [0.15, 0.2) is 28.7 Å². The van der Waals surface area contributed by atoms with Gasteiger partial charge >= 0.3 is 0 Å². The Kier molecular flexibility index (Phi) is 6.73. The van der Waals surface area contributed by atoms with Crippen LogP contribution in [0.5, 0.6) is 0 Å². The van der Waals surface area contributed by atoms with E-state index in [1.165, 1.54) is 18.2 Å². The first-order chi connectivity index (χ1) is 9.02. The third-order valence-electron chi connectivity index (χ3n) is 2.52. The minimum Gasteiger partial charge on any atom is -0.385 e. The molecule has 0 aromatic heterocycles. The van der Waals surface area contributed by atoms with Gasteiger partial charge < -0.3 is 10.1 Å². The van der Waals surface area contributed by atoms with Gasteiger partial charge in [-0.3, -0.25) is 4.79 Å². The topological polar surface area (TPSA) is 38.3 Å². The van der Waals surface area contributed by atoms with Gasteiger partial charge in [0.2, 0.25) is 5.91 Å². The van der Waals surface area contributed by atoms with Crippen LogP contribution in [0.4, 0.5) is 4.39 Å². The average Bonchev–Trinajstić information content (AvgIpc) is 2.37. The van der Waals surface area contributed by atoms with Crippen molar-refractivity contribution in [3.8, 4) is 0 Å². The summed E-state index contributed by atoms with van der Waals surface area (Å²) in [6.45, 7) is 2.48. The van der Waals surface area contributed by atoms with Crippen LogP contribution in [0.1, 0.15) is 18.9 Å². The standard InChI is InChI=1S/C14H17BrFNO2/c1-10(7-8-19-2)17-14(18)6-3-11-9-12(15)4-5-13(11)16/h3-6,9-10H,7-8H2,1-2H3,(H,17,18)/b6-3+. The minimum absolute atomic E-state index is 0.0180. The molecule has 0 radical (unpaired) electrons. The molecule has 5 heteroatoms. The normalized spacial score (nSPS) is 12.6. The van der Waals surface area contributed by atoms with Crippen LogP contribution in [0.2, 0.25) is 0 Å². The Morgan fingerprint density at radius 2 is 2.32 bits per heavy atom. The van der Waals surface area contributed by atoms with E-state index >= 15 is 0 Å². The van der Waals surface area contributed by atoms with Crippen LogP contribution in [0.3, 0.4) is 0 Å². The third kappa shape index (κ3) is 5.98. The summed E-state index contributed by atoms with van der Waals surface area (Å²) in [6, 6.07) is 4.60. The SMILES string of the molecule is COCCC(C)NC(=O)/C=C/c1cc(Br)ccc1F. The lowest BCUT2D eigenvalue weighted by molar-refractivity contribution is -0.117.